The van der Waals surface area contributed by atoms with Gasteiger partial charge in [0, 0.05) is 32.9 Å². The van der Waals surface area contributed by atoms with Gasteiger partial charge in [-0.2, -0.15) is 0 Å². The van der Waals surface area contributed by atoms with E-state index < -0.39 is 0 Å². The number of hydrogen-bond acceptors (Lipinski definition) is 1. The molecule has 0 aliphatic rings. The second-order valence-electron chi connectivity index (χ2n) is 28.9. The Morgan fingerprint density at radius 1 is 0.269 bits per heavy atom. The molecule has 10 aromatic carbocycles. The fourth-order valence-corrected chi connectivity index (χ4v) is 11.7. The van der Waals surface area contributed by atoms with Crippen LogP contribution in [0.4, 0.5) is 17.1 Å². The molecule has 11 rings (SSSR count). The lowest BCUT2D eigenvalue weighted by Crippen LogP contribution is -2.19. The summed E-state index contributed by atoms with van der Waals surface area (Å²) in [6.45, 7) is 41.8. The van der Waals surface area contributed by atoms with Crippen molar-refractivity contribution in [1.29, 1.82) is 0 Å². The minimum Gasteiger partial charge on any atom is -0.310 e. The first-order chi connectivity index (χ1) is 36.4. The minimum atomic E-state index is -0.0609. The molecule has 0 saturated heterocycles. The summed E-state index contributed by atoms with van der Waals surface area (Å²) in [6, 6.07) is 66.2. The average Bonchev–Trinajstić information content (AvgIpc) is 3.93. The SMILES string of the molecule is CC(C)(C)c1cc(-c2ccc(-c3ccc(N(c4cc(C(C)(C)C)cc(C(C)(C)C)c4)c4ccc5ccc6c(-n7c8ccc(C(C)(C)C)cc8c8cc(C(C)(C)C)ccc87)ccc7ccc4c5c76)cc3)cc2)cc(C(C)(C)C)c1. The number of aromatic nitrogens is 1. The zero-order valence-corrected chi connectivity index (χ0v) is 50.1. The predicted octanol–water partition coefficient (Wildman–Crippen LogP) is 22.3. The van der Waals surface area contributed by atoms with E-state index in [9.17, 15) is 0 Å². The minimum absolute atomic E-state index is 0.0246. The number of fused-ring (bicyclic) bond motifs is 3. The second-order valence-corrected chi connectivity index (χ2v) is 28.9. The van der Waals surface area contributed by atoms with Crippen molar-refractivity contribution in [2.24, 2.45) is 0 Å². The summed E-state index contributed by atoms with van der Waals surface area (Å²) in [5, 5.41) is 10.2. The summed E-state index contributed by atoms with van der Waals surface area (Å²) >= 11 is 0. The molecule has 0 unspecified atom stereocenters. The van der Waals surface area contributed by atoms with Gasteiger partial charge in [-0.05, 0) is 170 Å². The zero-order chi connectivity index (χ0) is 55.8. The van der Waals surface area contributed by atoms with Crippen LogP contribution < -0.4 is 4.90 Å². The standard InChI is InChI=1S/C76H82N2/c1-71(2,3)53-29-37-67-63(45-53)64-46-54(72(4,5)6)30-38-68(64)78(67)66-36-28-51-25-33-61-65(35-27-50-26-34-62(66)70(51)69(50)61)77(60-43-57(75(13,14)15)42-58(44-60)76(16,17)18)59-31-23-48(24-32-59)47-19-21-49(22-20-47)52-39-55(73(7,8)9)41-56(40-52)74(10,11)12/h19-46H,1-18H3. The average molecular weight is 1020 g/mol. The van der Waals surface area contributed by atoms with Gasteiger partial charge in [-0.3, -0.25) is 0 Å². The molecule has 0 amide bonds. The molecule has 0 saturated carbocycles. The Balaban J connectivity index is 1.09. The van der Waals surface area contributed by atoms with E-state index in [4.69, 9.17) is 0 Å². The number of nitrogens with zero attached hydrogens (tertiary/aromatic N) is 2. The van der Waals surface area contributed by atoms with Crippen LogP contribution in [0.5, 0.6) is 0 Å². The van der Waals surface area contributed by atoms with Gasteiger partial charge in [0.2, 0.25) is 0 Å². The number of benzene rings is 10. The Kier molecular flexibility index (Phi) is 12.3. The molecule has 0 bridgehead atoms. The molecule has 0 aliphatic carbocycles. The number of rotatable bonds is 6. The second kappa shape index (κ2) is 18.2. The van der Waals surface area contributed by atoms with E-state index in [2.05, 4.69) is 304 Å². The molecule has 0 radical (unpaired) electrons. The third-order valence-corrected chi connectivity index (χ3v) is 16.8. The molecule has 2 heteroatoms. The quantitative estimate of drug-likeness (QED) is 0.151. The first-order valence-electron chi connectivity index (χ1n) is 28.6. The van der Waals surface area contributed by atoms with Crippen LogP contribution in [-0.4, -0.2) is 4.57 Å². The Morgan fingerprint density at radius 2 is 0.641 bits per heavy atom. The van der Waals surface area contributed by atoms with Gasteiger partial charge < -0.3 is 9.47 Å². The van der Waals surface area contributed by atoms with Crippen molar-refractivity contribution in [3.05, 3.63) is 203 Å². The summed E-state index contributed by atoms with van der Waals surface area (Å²) < 4.78 is 2.54. The molecule has 0 atom stereocenters. The maximum Gasteiger partial charge on any atom is 0.0541 e. The van der Waals surface area contributed by atoms with Gasteiger partial charge in [0.25, 0.3) is 0 Å². The maximum atomic E-state index is 2.54. The van der Waals surface area contributed by atoms with Crippen LogP contribution in [0.25, 0.3) is 82.1 Å². The van der Waals surface area contributed by atoms with Crippen LogP contribution in [0.1, 0.15) is 158 Å². The van der Waals surface area contributed by atoms with Gasteiger partial charge in [0.05, 0.1) is 22.4 Å². The van der Waals surface area contributed by atoms with E-state index in [-0.39, 0.29) is 32.5 Å². The Hall–Kier alpha value is -7.16. The van der Waals surface area contributed by atoms with Crippen molar-refractivity contribution in [3.8, 4) is 27.9 Å². The van der Waals surface area contributed by atoms with Crippen molar-refractivity contribution in [2.45, 2.75) is 157 Å². The van der Waals surface area contributed by atoms with Gasteiger partial charge in [-0.1, -0.05) is 234 Å². The van der Waals surface area contributed by atoms with Crippen LogP contribution >= 0.6 is 0 Å². The summed E-state index contributed by atoms with van der Waals surface area (Å²) in [4.78, 5) is 2.53. The normalized spacial score (nSPS) is 13.3. The van der Waals surface area contributed by atoms with Gasteiger partial charge in [0.15, 0.2) is 0 Å². The van der Waals surface area contributed by atoms with Crippen molar-refractivity contribution in [1.82, 2.24) is 4.57 Å². The van der Waals surface area contributed by atoms with E-state index in [1.807, 2.05) is 0 Å². The van der Waals surface area contributed by atoms with E-state index in [1.54, 1.807) is 0 Å². The van der Waals surface area contributed by atoms with Gasteiger partial charge in [0.1, 0.15) is 0 Å². The highest BCUT2D eigenvalue weighted by molar-refractivity contribution is 6.27. The third-order valence-electron chi connectivity index (χ3n) is 16.8. The highest BCUT2D eigenvalue weighted by atomic mass is 15.1. The van der Waals surface area contributed by atoms with Crippen LogP contribution in [0.3, 0.4) is 0 Å². The summed E-state index contributed by atoms with van der Waals surface area (Å²) in [5.74, 6) is 0. The molecule has 0 spiro atoms. The Morgan fingerprint density at radius 3 is 1.09 bits per heavy atom. The summed E-state index contributed by atoms with van der Waals surface area (Å²) in [5.41, 5.74) is 20.2. The van der Waals surface area contributed by atoms with E-state index in [0.717, 1.165) is 5.69 Å². The molecule has 1 aromatic heterocycles. The monoisotopic (exact) mass is 1020 g/mol. The molecule has 0 aliphatic heterocycles. The highest BCUT2D eigenvalue weighted by Crippen LogP contribution is 2.48. The lowest BCUT2D eigenvalue weighted by Gasteiger charge is -2.32. The fourth-order valence-electron chi connectivity index (χ4n) is 11.7. The largest absolute Gasteiger partial charge is 0.310 e. The highest BCUT2D eigenvalue weighted by Gasteiger charge is 2.28. The lowest BCUT2D eigenvalue weighted by molar-refractivity contribution is 0.568. The molecule has 11 aromatic rings. The summed E-state index contributed by atoms with van der Waals surface area (Å²) in [6.07, 6.45) is 0. The van der Waals surface area contributed by atoms with Crippen molar-refractivity contribution in [3.63, 3.8) is 0 Å². The molecule has 2 nitrogen and oxygen atoms in total. The van der Waals surface area contributed by atoms with Crippen molar-refractivity contribution in [2.75, 3.05) is 4.90 Å². The maximum absolute atomic E-state index is 2.54. The Labute approximate surface area is 466 Å². The predicted molar refractivity (Wildman–Crippen MR) is 342 cm³/mol. The Bertz CT molecular complexity index is 3960. The van der Waals surface area contributed by atoms with Crippen LogP contribution in [0.15, 0.2) is 170 Å². The molecule has 78 heavy (non-hydrogen) atoms. The number of hydrogen-bond donors (Lipinski definition) is 0. The topological polar surface area (TPSA) is 8.17 Å². The fraction of sp³-hybridized carbons (Fsp3) is 0.316. The van der Waals surface area contributed by atoms with Crippen molar-refractivity contribution < 1.29 is 0 Å². The van der Waals surface area contributed by atoms with E-state index in [1.165, 1.54) is 127 Å². The molecule has 1 heterocycles. The molecular formula is C76H82N2. The van der Waals surface area contributed by atoms with E-state index in [0.29, 0.717) is 0 Å². The molecule has 396 valence electrons. The van der Waals surface area contributed by atoms with Gasteiger partial charge >= 0.3 is 0 Å². The summed E-state index contributed by atoms with van der Waals surface area (Å²) in [7, 11) is 0. The van der Waals surface area contributed by atoms with Crippen molar-refractivity contribution >= 4 is 71.2 Å². The zero-order valence-electron chi connectivity index (χ0n) is 50.1. The first-order valence-corrected chi connectivity index (χ1v) is 28.6. The molecule has 0 N–H and O–H groups in total. The third kappa shape index (κ3) is 9.48. The smallest absolute Gasteiger partial charge is 0.0541 e. The molecular weight excluding hydrogens is 941 g/mol. The van der Waals surface area contributed by atoms with Crippen LogP contribution in [0.2, 0.25) is 0 Å². The first kappa shape index (κ1) is 52.9. The van der Waals surface area contributed by atoms with E-state index >= 15 is 0 Å². The van der Waals surface area contributed by atoms with Crippen LogP contribution in [-0.2, 0) is 32.5 Å². The molecule has 0 fully saturated rings. The van der Waals surface area contributed by atoms with Gasteiger partial charge in [-0.15, -0.1) is 0 Å². The lowest BCUT2D eigenvalue weighted by atomic mass is 9.79. The van der Waals surface area contributed by atoms with Crippen LogP contribution in [0, 0.1) is 0 Å². The van der Waals surface area contributed by atoms with Gasteiger partial charge in [-0.25, -0.2) is 0 Å². The number of anilines is 3.